The number of benzene rings is 9. The molecule has 0 radical (unpaired) electrons. The van der Waals surface area contributed by atoms with Crippen LogP contribution in [0.1, 0.15) is 0 Å². The molecule has 0 fully saturated rings. The molecule has 0 spiro atoms. The van der Waals surface area contributed by atoms with Gasteiger partial charge in [-0.25, -0.2) is 0 Å². The van der Waals surface area contributed by atoms with Gasteiger partial charge >= 0.3 is 0 Å². The fourth-order valence-electron chi connectivity index (χ4n) is 9.71. The van der Waals surface area contributed by atoms with Gasteiger partial charge in [0, 0.05) is 0 Å². The Labute approximate surface area is 335 Å². The van der Waals surface area contributed by atoms with Gasteiger partial charge in [-0.1, -0.05) is 218 Å². The molecule has 0 saturated carbocycles. The Morgan fingerprint density at radius 3 is 1.37 bits per heavy atom. The van der Waals surface area contributed by atoms with Gasteiger partial charge < -0.3 is 4.74 Å². The van der Waals surface area contributed by atoms with E-state index in [1.807, 2.05) is 0 Å². The molecule has 0 aromatic heterocycles. The molecule has 2 aliphatic rings. The lowest BCUT2D eigenvalue weighted by Crippen LogP contribution is -2.74. The lowest BCUT2D eigenvalue weighted by Gasteiger charge is -2.34. The van der Waals surface area contributed by atoms with Crippen molar-refractivity contribution in [2.24, 2.45) is 0 Å². The summed E-state index contributed by atoms with van der Waals surface area (Å²) in [7, 11) is -2.72. The minimum atomic E-state index is -2.72. The Morgan fingerprint density at radius 2 is 0.754 bits per heavy atom. The average molecular weight is 741 g/mol. The summed E-state index contributed by atoms with van der Waals surface area (Å²) in [5, 5.41) is 5.45. The Morgan fingerprint density at radius 1 is 0.298 bits per heavy atom. The van der Waals surface area contributed by atoms with Crippen LogP contribution in [-0.2, 0) is 0 Å². The Bertz CT molecular complexity index is 2840. The number of fused-ring (bicyclic) bond motifs is 9. The minimum absolute atomic E-state index is 0.0510. The second-order valence-corrected chi connectivity index (χ2v) is 18.9. The molecular weight excluding hydrogens is 703 g/mol. The third-order valence-electron chi connectivity index (χ3n) is 12.1. The smallest absolute Gasteiger partial charge is 0.252 e. The lowest BCUT2D eigenvalue weighted by atomic mass is 9.34. The summed E-state index contributed by atoms with van der Waals surface area (Å²) in [4.78, 5) is 0. The van der Waals surface area contributed by atoms with Crippen LogP contribution < -0.4 is 41.9 Å². The molecule has 9 aromatic rings. The first-order chi connectivity index (χ1) is 28.3. The van der Waals surface area contributed by atoms with E-state index in [1.165, 1.54) is 81.6 Å². The Kier molecular flexibility index (Phi) is 8.01. The molecule has 3 heteroatoms. The Hall–Kier alpha value is -6.94. The van der Waals surface area contributed by atoms with E-state index in [0.717, 1.165) is 11.5 Å². The molecular formula is C54H37BOSi. The van der Waals surface area contributed by atoms with Gasteiger partial charge in [-0.3, -0.25) is 0 Å². The van der Waals surface area contributed by atoms with Gasteiger partial charge in [-0.2, -0.15) is 0 Å². The van der Waals surface area contributed by atoms with Crippen LogP contribution in [0.15, 0.2) is 224 Å². The zero-order valence-electron chi connectivity index (χ0n) is 31.3. The predicted octanol–water partition coefficient (Wildman–Crippen LogP) is 8.67. The topological polar surface area (TPSA) is 9.23 Å². The minimum Gasteiger partial charge on any atom is -0.458 e. The fraction of sp³-hybridized carbons (Fsp3) is 0. The Balaban J connectivity index is 1.15. The van der Waals surface area contributed by atoms with Crippen LogP contribution >= 0.6 is 0 Å². The molecule has 0 bridgehead atoms. The van der Waals surface area contributed by atoms with E-state index in [-0.39, 0.29) is 6.71 Å². The van der Waals surface area contributed by atoms with E-state index in [9.17, 15) is 0 Å². The van der Waals surface area contributed by atoms with Crippen LogP contribution in [0, 0.1) is 0 Å². The number of ether oxygens (including phenoxy) is 1. The van der Waals surface area contributed by atoms with E-state index in [0.29, 0.717) is 0 Å². The summed E-state index contributed by atoms with van der Waals surface area (Å²) in [5.74, 6) is 1.82. The molecule has 1 nitrogen and oxygen atoms in total. The van der Waals surface area contributed by atoms with Crippen LogP contribution in [-0.4, -0.2) is 14.8 Å². The molecule has 2 aliphatic heterocycles. The summed E-state index contributed by atoms with van der Waals surface area (Å²) in [6, 6.07) is 83.0. The SMILES string of the molecule is c1ccc([Si](c2ccccc2)(c2ccccc2)c2cccc(-c3ccc4c(c3)B3c5ccccc5-c5ccccc5-c5ccccc5-c5cccc(c53)O4)c2)cc1. The average Bonchev–Trinajstić information content (AvgIpc) is 3.33. The number of hydrogen-bond donors (Lipinski definition) is 0. The monoisotopic (exact) mass is 740 g/mol. The van der Waals surface area contributed by atoms with Crippen LogP contribution in [0.25, 0.3) is 44.5 Å². The highest BCUT2D eigenvalue weighted by Crippen LogP contribution is 2.41. The van der Waals surface area contributed by atoms with Crippen molar-refractivity contribution < 1.29 is 4.74 Å². The van der Waals surface area contributed by atoms with Crippen LogP contribution in [0.3, 0.4) is 0 Å². The summed E-state index contributed by atoms with van der Waals surface area (Å²) >= 11 is 0. The van der Waals surface area contributed by atoms with Gasteiger partial charge in [-0.05, 0) is 88.3 Å². The van der Waals surface area contributed by atoms with Crippen molar-refractivity contribution in [3.63, 3.8) is 0 Å². The van der Waals surface area contributed by atoms with Gasteiger partial charge in [0.05, 0.1) is 0 Å². The third kappa shape index (κ3) is 5.31. The van der Waals surface area contributed by atoms with Crippen molar-refractivity contribution in [1.82, 2.24) is 0 Å². The zero-order chi connectivity index (χ0) is 37.8. The molecule has 0 amide bonds. The maximum absolute atomic E-state index is 6.92. The van der Waals surface area contributed by atoms with E-state index in [2.05, 4.69) is 224 Å². The van der Waals surface area contributed by atoms with Crippen LogP contribution in [0.2, 0.25) is 0 Å². The number of hydrogen-bond acceptors (Lipinski definition) is 1. The van der Waals surface area contributed by atoms with Gasteiger partial charge in [0.2, 0.25) is 0 Å². The zero-order valence-corrected chi connectivity index (χ0v) is 32.3. The molecule has 266 valence electrons. The maximum atomic E-state index is 6.92. The summed E-state index contributed by atoms with van der Waals surface area (Å²) in [6.45, 7) is -0.0510. The normalized spacial score (nSPS) is 12.3. The van der Waals surface area contributed by atoms with Crippen molar-refractivity contribution in [1.29, 1.82) is 0 Å². The molecule has 57 heavy (non-hydrogen) atoms. The van der Waals surface area contributed by atoms with Gasteiger partial charge in [0.1, 0.15) is 11.5 Å². The fourth-order valence-corrected chi connectivity index (χ4v) is 14.5. The largest absolute Gasteiger partial charge is 0.458 e. The second-order valence-electron chi connectivity index (χ2n) is 15.1. The quantitative estimate of drug-likeness (QED) is 0.127. The first-order valence-electron chi connectivity index (χ1n) is 19.8. The first kappa shape index (κ1) is 33.4. The van der Waals surface area contributed by atoms with Gasteiger partial charge in [-0.15, -0.1) is 0 Å². The second kappa shape index (κ2) is 13.7. The van der Waals surface area contributed by atoms with E-state index in [1.54, 1.807) is 0 Å². The lowest BCUT2D eigenvalue weighted by molar-refractivity contribution is 0.488. The molecule has 11 rings (SSSR count). The highest BCUT2D eigenvalue weighted by atomic mass is 28.3. The summed E-state index contributed by atoms with van der Waals surface area (Å²) < 4.78 is 6.92. The van der Waals surface area contributed by atoms with Gasteiger partial charge in [0.15, 0.2) is 8.07 Å². The van der Waals surface area contributed by atoms with E-state index >= 15 is 0 Å². The molecule has 0 N–H and O–H groups in total. The highest BCUT2D eigenvalue weighted by Gasteiger charge is 2.42. The summed E-state index contributed by atoms with van der Waals surface area (Å²) in [5.41, 5.74) is 13.5. The van der Waals surface area contributed by atoms with Gasteiger partial charge in [0.25, 0.3) is 6.71 Å². The standard InChI is InChI=1S/C54H37BOSi/c1-4-19-40(20-5-1)57(41-21-6-2-7-22-41,42-23-8-3-9-24-42)43-25-16-18-38(36-43)39-34-35-52-51(37-39)55-50-32-15-14-30-48(50)46-28-12-10-26-44(46)45-27-11-13-29-47(45)49-31-17-33-53(56-52)54(49)55/h1-37H. The van der Waals surface area contributed by atoms with Crippen molar-refractivity contribution in [2.45, 2.75) is 0 Å². The predicted molar refractivity (Wildman–Crippen MR) is 243 cm³/mol. The first-order valence-corrected chi connectivity index (χ1v) is 21.8. The molecule has 0 saturated heterocycles. The third-order valence-corrected chi connectivity index (χ3v) is 16.9. The van der Waals surface area contributed by atoms with Crippen molar-refractivity contribution in [3.05, 3.63) is 224 Å². The maximum Gasteiger partial charge on any atom is 0.252 e. The van der Waals surface area contributed by atoms with Crippen molar-refractivity contribution >= 4 is 51.9 Å². The van der Waals surface area contributed by atoms with E-state index in [4.69, 9.17) is 4.74 Å². The van der Waals surface area contributed by atoms with Crippen LogP contribution in [0.4, 0.5) is 0 Å². The molecule has 0 atom stereocenters. The molecule has 2 heterocycles. The van der Waals surface area contributed by atoms with Crippen molar-refractivity contribution in [2.75, 3.05) is 0 Å². The highest BCUT2D eigenvalue weighted by molar-refractivity contribution is 7.20. The van der Waals surface area contributed by atoms with Crippen molar-refractivity contribution in [3.8, 4) is 56.0 Å². The molecule has 0 aliphatic carbocycles. The van der Waals surface area contributed by atoms with E-state index < -0.39 is 8.07 Å². The summed E-state index contributed by atoms with van der Waals surface area (Å²) in [6.07, 6.45) is 0. The molecule has 0 unspecified atom stereocenters. The molecule has 9 aromatic carbocycles. The number of rotatable bonds is 5. The van der Waals surface area contributed by atoms with Crippen LogP contribution in [0.5, 0.6) is 11.5 Å².